The van der Waals surface area contributed by atoms with Gasteiger partial charge in [-0.15, -0.1) is 0 Å². The molecule has 0 unspecified atom stereocenters. The molecule has 0 fully saturated rings. The normalized spacial score (nSPS) is 11.8. The van der Waals surface area contributed by atoms with Crippen molar-refractivity contribution in [3.05, 3.63) is 45.7 Å². The summed E-state index contributed by atoms with van der Waals surface area (Å²) in [5.74, 6) is 0. The molecule has 0 N–H and O–H groups in total. The summed E-state index contributed by atoms with van der Waals surface area (Å²) in [5, 5.41) is 4.80. The van der Waals surface area contributed by atoms with E-state index in [-0.39, 0.29) is 10.0 Å². The Morgan fingerprint density at radius 1 is 1.30 bits per heavy atom. The zero-order chi connectivity index (χ0) is 14.9. The standard InChI is InChI=1S/C12H11Cl3N2O2S/c1-2-10-11(20(15,18)19)12(14)17(16-10)7-8-4-3-5-9(13)6-8/h3-6H,2,7H2,1H3. The van der Waals surface area contributed by atoms with Crippen LogP contribution in [0.25, 0.3) is 0 Å². The fourth-order valence-electron chi connectivity index (χ4n) is 1.86. The van der Waals surface area contributed by atoms with E-state index in [2.05, 4.69) is 5.10 Å². The Kier molecular flexibility index (Phi) is 4.64. The molecule has 0 bridgehead atoms. The largest absolute Gasteiger partial charge is 0.266 e. The Labute approximate surface area is 131 Å². The van der Waals surface area contributed by atoms with Gasteiger partial charge in [0.2, 0.25) is 0 Å². The summed E-state index contributed by atoms with van der Waals surface area (Å²) in [6.07, 6.45) is 0.420. The van der Waals surface area contributed by atoms with E-state index in [9.17, 15) is 8.42 Å². The van der Waals surface area contributed by atoms with Gasteiger partial charge in [-0.2, -0.15) is 5.10 Å². The van der Waals surface area contributed by atoms with Crippen molar-refractivity contribution in [2.24, 2.45) is 0 Å². The number of aryl methyl sites for hydroxylation is 1. The molecule has 0 saturated carbocycles. The lowest BCUT2D eigenvalue weighted by molar-refractivity contribution is 0.608. The number of aromatic nitrogens is 2. The highest BCUT2D eigenvalue weighted by atomic mass is 35.7. The predicted octanol–water partition coefficient (Wildman–Crippen LogP) is 3.73. The van der Waals surface area contributed by atoms with Gasteiger partial charge >= 0.3 is 0 Å². The number of benzene rings is 1. The van der Waals surface area contributed by atoms with Gasteiger partial charge in [0.25, 0.3) is 9.05 Å². The lowest BCUT2D eigenvalue weighted by Crippen LogP contribution is -2.02. The highest BCUT2D eigenvalue weighted by molar-refractivity contribution is 8.13. The second kappa shape index (κ2) is 5.93. The zero-order valence-corrected chi connectivity index (χ0v) is 13.6. The first-order chi connectivity index (χ1) is 9.32. The molecule has 0 saturated heterocycles. The van der Waals surface area contributed by atoms with Crippen molar-refractivity contribution in [3.8, 4) is 0 Å². The molecular weight excluding hydrogens is 343 g/mol. The monoisotopic (exact) mass is 352 g/mol. The topological polar surface area (TPSA) is 52.0 Å². The fourth-order valence-corrected chi connectivity index (χ4v) is 3.96. The molecule has 0 aliphatic rings. The first kappa shape index (κ1) is 15.6. The van der Waals surface area contributed by atoms with Gasteiger partial charge in [0.1, 0.15) is 10.0 Å². The summed E-state index contributed by atoms with van der Waals surface area (Å²) < 4.78 is 24.5. The Balaban J connectivity index is 2.46. The van der Waals surface area contributed by atoms with Crippen molar-refractivity contribution in [3.63, 3.8) is 0 Å². The number of hydrogen-bond donors (Lipinski definition) is 0. The van der Waals surface area contributed by atoms with Crippen LogP contribution in [0, 0.1) is 0 Å². The Morgan fingerprint density at radius 3 is 2.50 bits per heavy atom. The maximum Gasteiger partial charge on any atom is 0.266 e. The van der Waals surface area contributed by atoms with Crippen LogP contribution in [-0.2, 0) is 22.0 Å². The molecule has 1 aromatic carbocycles. The predicted molar refractivity (Wildman–Crippen MR) is 80.2 cm³/mol. The maximum atomic E-state index is 11.6. The summed E-state index contributed by atoms with van der Waals surface area (Å²) in [4.78, 5) is -0.120. The highest BCUT2D eigenvalue weighted by Crippen LogP contribution is 2.29. The summed E-state index contributed by atoms with van der Waals surface area (Å²) in [6.45, 7) is 2.10. The first-order valence-electron chi connectivity index (χ1n) is 5.77. The second-order valence-corrected chi connectivity index (χ2v) is 7.44. The fraction of sp³-hybridized carbons (Fsp3) is 0.250. The third-order valence-corrected chi connectivity index (χ3v) is 4.83. The minimum Gasteiger partial charge on any atom is -0.248 e. The van der Waals surface area contributed by atoms with Crippen molar-refractivity contribution < 1.29 is 8.42 Å². The molecule has 0 atom stereocenters. The molecule has 2 aromatic rings. The Hall–Kier alpha value is -0.750. The van der Waals surface area contributed by atoms with E-state index < -0.39 is 9.05 Å². The van der Waals surface area contributed by atoms with E-state index >= 15 is 0 Å². The van der Waals surface area contributed by atoms with E-state index in [0.717, 1.165) is 5.56 Å². The number of halogens is 3. The van der Waals surface area contributed by atoms with Gasteiger partial charge in [-0.1, -0.05) is 42.3 Å². The summed E-state index contributed by atoms with van der Waals surface area (Å²) in [5.41, 5.74) is 1.22. The minimum absolute atomic E-state index is 0.0109. The minimum atomic E-state index is -3.92. The highest BCUT2D eigenvalue weighted by Gasteiger charge is 2.25. The molecule has 8 heteroatoms. The second-order valence-electron chi connectivity index (χ2n) is 4.15. The zero-order valence-electron chi connectivity index (χ0n) is 10.5. The van der Waals surface area contributed by atoms with Gasteiger partial charge in [0.15, 0.2) is 0 Å². The Bertz CT molecular complexity index is 741. The molecule has 0 aliphatic heterocycles. The van der Waals surface area contributed by atoms with Crippen molar-refractivity contribution >= 4 is 42.9 Å². The lowest BCUT2D eigenvalue weighted by Gasteiger charge is -2.04. The van der Waals surface area contributed by atoms with E-state index in [1.807, 2.05) is 6.07 Å². The van der Waals surface area contributed by atoms with Crippen LogP contribution in [0.3, 0.4) is 0 Å². The summed E-state index contributed by atoms with van der Waals surface area (Å²) >= 11 is 12.0. The molecule has 2 rings (SSSR count). The van der Waals surface area contributed by atoms with Crippen molar-refractivity contribution in [1.82, 2.24) is 9.78 Å². The quantitative estimate of drug-likeness (QED) is 0.787. The van der Waals surface area contributed by atoms with E-state index in [4.69, 9.17) is 33.9 Å². The summed E-state index contributed by atoms with van der Waals surface area (Å²) in [7, 11) is 1.48. The molecule has 0 aliphatic carbocycles. The van der Waals surface area contributed by atoms with Crippen LogP contribution in [0.15, 0.2) is 29.2 Å². The van der Waals surface area contributed by atoms with Gasteiger partial charge < -0.3 is 0 Å². The van der Waals surface area contributed by atoms with Crippen molar-refractivity contribution in [1.29, 1.82) is 0 Å². The molecule has 20 heavy (non-hydrogen) atoms. The average molecular weight is 354 g/mol. The van der Waals surface area contributed by atoms with Crippen LogP contribution >= 0.6 is 33.9 Å². The van der Waals surface area contributed by atoms with Crippen LogP contribution < -0.4 is 0 Å². The average Bonchev–Trinajstić information content (AvgIpc) is 2.66. The maximum absolute atomic E-state index is 11.6. The number of nitrogens with zero attached hydrogens (tertiary/aromatic N) is 2. The van der Waals surface area contributed by atoms with Gasteiger partial charge in [0.05, 0.1) is 12.2 Å². The third kappa shape index (κ3) is 3.28. The number of rotatable bonds is 4. The molecule has 0 amide bonds. The lowest BCUT2D eigenvalue weighted by atomic mass is 10.2. The SMILES string of the molecule is CCc1nn(Cc2cccc(Cl)c2)c(Cl)c1S(=O)(=O)Cl. The summed E-state index contributed by atoms with van der Waals surface area (Å²) in [6, 6.07) is 7.17. The van der Waals surface area contributed by atoms with Crippen LogP contribution in [0.2, 0.25) is 10.2 Å². The van der Waals surface area contributed by atoms with E-state index in [1.165, 1.54) is 4.68 Å². The van der Waals surface area contributed by atoms with E-state index in [0.29, 0.717) is 23.7 Å². The molecule has 1 heterocycles. The molecule has 0 spiro atoms. The van der Waals surface area contributed by atoms with Crippen LogP contribution in [0.1, 0.15) is 18.2 Å². The van der Waals surface area contributed by atoms with Crippen molar-refractivity contribution in [2.45, 2.75) is 24.8 Å². The molecule has 108 valence electrons. The van der Waals surface area contributed by atoms with Crippen LogP contribution in [0.4, 0.5) is 0 Å². The van der Waals surface area contributed by atoms with Gasteiger partial charge in [-0.3, -0.25) is 0 Å². The molecular formula is C12H11Cl3N2O2S. The molecule has 0 radical (unpaired) electrons. The van der Waals surface area contributed by atoms with Gasteiger partial charge in [-0.05, 0) is 24.1 Å². The first-order valence-corrected chi connectivity index (χ1v) is 8.83. The van der Waals surface area contributed by atoms with Gasteiger partial charge in [-0.25, -0.2) is 13.1 Å². The van der Waals surface area contributed by atoms with Crippen molar-refractivity contribution in [2.75, 3.05) is 0 Å². The third-order valence-electron chi connectivity index (χ3n) is 2.72. The van der Waals surface area contributed by atoms with Crippen LogP contribution in [-0.4, -0.2) is 18.2 Å². The Morgan fingerprint density at radius 2 is 2.00 bits per heavy atom. The van der Waals surface area contributed by atoms with E-state index in [1.54, 1.807) is 25.1 Å². The molecule has 4 nitrogen and oxygen atoms in total. The smallest absolute Gasteiger partial charge is 0.248 e. The molecule has 1 aromatic heterocycles. The number of hydrogen-bond acceptors (Lipinski definition) is 3. The van der Waals surface area contributed by atoms with Gasteiger partial charge in [0, 0.05) is 15.7 Å². The van der Waals surface area contributed by atoms with Crippen LogP contribution in [0.5, 0.6) is 0 Å².